The highest BCUT2D eigenvalue weighted by molar-refractivity contribution is 7.61. The molecular weight excluding hydrogens is 299 g/mol. The second kappa shape index (κ2) is 5.76. The summed E-state index contributed by atoms with van der Waals surface area (Å²) in [6.45, 7) is 0. The van der Waals surface area contributed by atoms with Gasteiger partial charge in [-0.15, -0.1) is 0 Å². The van der Waals surface area contributed by atoms with E-state index in [-0.39, 0.29) is 10.9 Å². The second-order valence-electron chi connectivity index (χ2n) is 4.80. The van der Waals surface area contributed by atoms with Gasteiger partial charge in [-0.25, -0.2) is 9.36 Å². The molecule has 0 aliphatic carbocycles. The average molecular weight is 312 g/mol. The maximum Gasteiger partial charge on any atom is 0.410 e. The highest BCUT2D eigenvalue weighted by Gasteiger charge is 2.27. The van der Waals surface area contributed by atoms with Crippen LogP contribution in [0.5, 0.6) is 0 Å². The Morgan fingerprint density at radius 2 is 1.50 bits per heavy atom. The lowest BCUT2D eigenvalue weighted by Crippen LogP contribution is -2.11. The first-order valence-electron chi connectivity index (χ1n) is 6.67. The highest BCUT2D eigenvalue weighted by Crippen LogP contribution is 2.42. The predicted octanol–water partition coefficient (Wildman–Crippen LogP) is 3.51. The molecule has 1 N–H and O–H groups in total. The van der Waals surface area contributed by atoms with Gasteiger partial charge in [-0.3, -0.25) is 0 Å². The third-order valence-corrected chi connectivity index (χ3v) is 4.62. The summed E-state index contributed by atoms with van der Waals surface area (Å²) in [6.07, 6.45) is 0. The van der Waals surface area contributed by atoms with Gasteiger partial charge in [-0.2, -0.15) is 0 Å². The van der Waals surface area contributed by atoms with E-state index >= 15 is 0 Å². The first kappa shape index (κ1) is 14.5. The van der Waals surface area contributed by atoms with Crippen LogP contribution in [0.25, 0.3) is 10.8 Å². The first-order valence-corrected chi connectivity index (χ1v) is 8.25. The van der Waals surface area contributed by atoms with Crippen LogP contribution < -0.4 is 5.30 Å². The molecule has 1 unspecified atom stereocenters. The lowest BCUT2D eigenvalue weighted by Gasteiger charge is -2.13. The summed E-state index contributed by atoms with van der Waals surface area (Å²) >= 11 is 0. The van der Waals surface area contributed by atoms with Gasteiger partial charge in [0.15, 0.2) is 0 Å². The van der Waals surface area contributed by atoms with Gasteiger partial charge in [-0.05, 0) is 35.0 Å². The van der Waals surface area contributed by atoms with Crippen LogP contribution in [0.3, 0.4) is 0 Å². The average Bonchev–Trinajstić information content (AvgIpc) is 2.55. The second-order valence-corrected chi connectivity index (χ2v) is 6.54. The zero-order valence-corrected chi connectivity index (χ0v) is 12.4. The van der Waals surface area contributed by atoms with Crippen molar-refractivity contribution in [2.45, 2.75) is 0 Å². The molecule has 0 fully saturated rings. The fourth-order valence-corrected chi connectivity index (χ4v) is 3.15. The van der Waals surface area contributed by atoms with Crippen molar-refractivity contribution in [2.24, 2.45) is 0 Å². The molecule has 0 saturated heterocycles. The molecule has 0 aromatic heterocycles. The fraction of sp³-hybridized carbons (Fsp3) is 0. The Kier molecular flexibility index (Phi) is 3.80. The smallest absolute Gasteiger partial charge is 0.385 e. The van der Waals surface area contributed by atoms with Crippen LogP contribution in [0.1, 0.15) is 10.4 Å². The number of rotatable bonds is 3. The molecule has 1 atom stereocenters. The molecule has 0 saturated carbocycles. The summed E-state index contributed by atoms with van der Waals surface area (Å²) in [4.78, 5) is 22.0. The molecule has 3 aromatic rings. The summed E-state index contributed by atoms with van der Waals surface area (Å²) < 4.78 is 17.2. The van der Waals surface area contributed by atoms with Gasteiger partial charge in [-0.1, -0.05) is 48.5 Å². The van der Waals surface area contributed by atoms with Crippen molar-refractivity contribution in [2.75, 3.05) is 0 Å². The van der Waals surface area contributed by atoms with Crippen LogP contribution in [0.2, 0.25) is 0 Å². The molecule has 3 rings (SSSR count). The molecular formula is C17H13O4P. The topological polar surface area (TPSA) is 63.6 Å². The zero-order chi connectivity index (χ0) is 15.6. The van der Waals surface area contributed by atoms with Gasteiger partial charge in [0.05, 0.1) is 10.9 Å². The standard InChI is InChI=1S/C17H13O4P/c18-17(14-7-2-1-3-8-14)21-22(19,20)16-11-10-13-6-4-5-9-15(13)12-16/h1-12H,(H,19,20). The molecule has 0 spiro atoms. The number of carbonyl (C=O) groups is 1. The van der Waals surface area contributed by atoms with Gasteiger partial charge < -0.3 is 9.42 Å². The molecule has 4 nitrogen and oxygen atoms in total. The van der Waals surface area contributed by atoms with Crippen LogP contribution in [0, 0.1) is 0 Å². The van der Waals surface area contributed by atoms with E-state index in [1.807, 2.05) is 24.3 Å². The summed E-state index contributed by atoms with van der Waals surface area (Å²) in [6, 6.07) is 20.4. The number of hydrogen-bond acceptors (Lipinski definition) is 3. The largest absolute Gasteiger partial charge is 0.410 e. The first-order chi connectivity index (χ1) is 10.6. The number of hydrogen-bond donors (Lipinski definition) is 1. The van der Waals surface area contributed by atoms with E-state index < -0.39 is 13.6 Å². The molecule has 5 heteroatoms. The minimum absolute atomic E-state index is 0.0930. The normalized spacial score (nSPS) is 13.5. The van der Waals surface area contributed by atoms with Crippen LogP contribution in [-0.4, -0.2) is 10.9 Å². The van der Waals surface area contributed by atoms with E-state index in [1.54, 1.807) is 30.3 Å². The lowest BCUT2D eigenvalue weighted by molar-refractivity contribution is 0.0723. The van der Waals surface area contributed by atoms with Crippen molar-refractivity contribution < 1.29 is 18.8 Å². The summed E-state index contributed by atoms with van der Waals surface area (Å²) in [7, 11) is -4.22. The molecule has 0 bridgehead atoms. The van der Waals surface area contributed by atoms with Gasteiger partial charge in [0.2, 0.25) is 0 Å². The molecule has 0 aliphatic heterocycles. The lowest BCUT2D eigenvalue weighted by atomic mass is 10.1. The van der Waals surface area contributed by atoms with Gasteiger partial charge in [0, 0.05) is 0 Å². The Morgan fingerprint density at radius 3 is 2.23 bits per heavy atom. The van der Waals surface area contributed by atoms with Crippen molar-refractivity contribution in [3.63, 3.8) is 0 Å². The molecule has 0 amide bonds. The molecule has 3 aromatic carbocycles. The minimum atomic E-state index is -4.22. The Balaban J connectivity index is 1.91. The third kappa shape index (κ3) is 2.93. The third-order valence-electron chi connectivity index (χ3n) is 3.28. The van der Waals surface area contributed by atoms with Crippen molar-refractivity contribution in [1.82, 2.24) is 0 Å². The van der Waals surface area contributed by atoms with Crippen LogP contribution >= 0.6 is 7.60 Å². The van der Waals surface area contributed by atoms with Gasteiger partial charge >= 0.3 is 13.6 Å². The van der Waals surface area contributed by atoms with Crippen LogP contribution in [-0.2, 0) is 9.09 Å². The maximum absolute atomic E-state index is 12.4. The molecule has 0 heterocycles. The van der Waals surface area contributed by atoms with E-state index in [2.05, 4.69) is 0 Å². The Hall–Kier alpha value is -2.42. The quantitative estimate of drug-likeness (QED) is 0.752. The monoisotopic (exact) mass is 312 g/mol. The zero-order valence-electron chi connectivity index (χ0n) is 11.5. The van der Waals surface area contributed by atoms with E-state index in [4.69, 9.17) is 4.52 Å². The van der Waals surface area contributed by atoms with Crippen LogP contribution in [0.4, 0.5) is 0 Å². The number of carbonyl (C=O) groups excluding carboxylic acids is 1. The molecule has 0 radical (unpaired) electrons. The SMILES string of the molecule is O=C(OP(=O)(O)c1ccc2ccccc2c1)c1ccccc1. The molecule has 110 valence electrons. The maximum atomic E-state index is 12.4. The Morgan fingerprint density at radius 1 is 0.864 bits per heavy atom. The van der Waals surface area contributed by atoms with Gasteiger partial charge in [0.25, 0.3) is 0 Å². The summed E-state index contributed by atoms with van der Waals surface area (Å²) in [5.41, 5.74) is 0.234. The highest BCUT2D eigenvalue weighted by atomic mass is 31.2. The summed E-state index contributed by atoms with van der Waals surface area (Å²) in [5.74, 6) is -0.820. The summed E-state index contributed by atoms with van der Waals surface area (Å²) in [5, 5.41) is 1.85. The Labute approximate surface area is 127 Å². The van der Waals surface area contributed by atoms with Gasteiger partial charge in [0.1, 0.15) is 0 Å². The number of benzene rings is 3. The van der Waals surface area contributed by atoms with E-state index in [0.717, 1.165) is 10.8 Å². The number of fused-ring (bicyclic) bond motifs is 1. The van der Waals surface area contributed by atoms with Crippen molar-refractivity contribution in [3.05, 3.63) is 78.4 Å². The van der Waals surface area contributed by atoms with Crippen LogP contribution in [0.15, 0.2) is 72.8 Å². The fourth-order valence-electron chi connectivity index (χ4n) is 2.14. The van der Waals surface area contributed by atoms with Crippen molar-refractivity contribution in [1.29, 1.82) is 0 Å². The van der Waals surface area contributed by atoms with E-state index in [0.29, 0.717) is 0 Å². The predicted molar refractivity (Wildman–Crippen MR) is 85.3 cm³/mol. The molecule has 0 aliphatic rings. The Bertz CT molecular complexity index is 874. The van der Waals surface area contributed by atoms with E-state index in [1.165, 1.54) is 18.2 Å². The minimum Gasteiger partial charge on any atom is -0.385 e. The van der Waals surface area contributed by atoms with Crippen molar-refractivity contribution in [3.8, 4) is 0 Å². The van der Waals surface area contributed by atoms with E-state index in [9.17, 15) is 14.3 Å². The molecule has 22 heavy (non-hydrogen) atoms. The van der Waals surface area contributed by atoms with Crippen molar-refractivity contribution >= 4 is 29.6 Å².